The summed E-state index contributed by atoms with van der Waals surface area (Å²) in [5.74, 6) is 0.116. The van der Waals surface area contributed by atoms with E-state index < -0.39 is 0 Å². The van der Waals surface area contributed by atoms with Crippen molar-refractivity contribution in [3.63, 3.8) is 0 Å². The monoisotopic (exact) mass is 264 g/mol. The Bertz CT molecular complexity index is 461. The maximum absolute atomic E-state index is 12.0. The van der Waals surface area contributed by atoms with Gasteiger partial charge in [0.1, 0.15) is 0 Å². The molecule has 0 radical (unpaired) electrons. The first-order valence-electron chi connectivity index (χ1n) is 6.61. The molecule has 104 valence electrons. The fraction of sp³-hybridized carbons (Fsp3) is 0.615. The molecular formula is C13H20N4O2. The molecule has 2 rings (SSSR count). The average molecular weight is 264 g/mol. The molecule has 1 heterocycles. The van der Waals surface area contributed by atoms with Gasteiger partial charge in [-0.15, -0.1) is 0 Å². The Labute approximate surface area is 112 Å². The molecule has 1 aliphatic rings. The quantitative estimate of drug-likeness (QED) is 0.832. The molecule has 6 heteroatoms. The lowest BCUT2D eigenvalue weighted by Crippen LogP contribution is -2.40. The standard InChI is InChI=1S/C13H20N4O2/c1-14-12(18)9-3-5-11(6-4-9)16-13(19)10-7-15-17(2)8-10/h7-9,11H,3-6H2,1-2H3,(H,14,18)(H,16,19). The lowest BCUT2D eigenvalue weighted by Gasteiger charge is -2.27. The van der Waals surface area contributed by atoms with Gasteiger partial charge in [-0.2, -0.15) is 5.10 Å². The third-order valence-corrected chi connectivity index (χ3v) is 3.65. The molecule has 0 atom stereocenters. The number of nitrogens with zero attached hydrogens (tertiary/aromatic N) is 2. The van der Waals surface area contributed by atoms with Crippen molar-refractivity contribution in [1.29, 1.82) is 0 Å². The van der Waals surface area contributed by atoms with Crippen molar-refractivity contribution in [3.05, 3.63) is 18.0 Å². The van der Waals surface area contributed by atoms with Gasteiger partial charge in [-0.05, 0) is 25.7 Å². The van der Waals surface area contributed by atoms with Crippen molar-refractivity contribution in [2.24, 2.45) is 13.0 Å². The first-order valence-corrected chi connectivity index (χ1v) is 6.61. The Morgan fingerprint density at radius 1 is 1.32 bits per heavy atom. The van der Waals surface area contributed by atoms with Crippen LogP contribution in [0.4, 0.5) is 0 Å². The lowest BCUT2D eigenvalue weighted by molar-refractivity contribution is -0.125. The number of hydrogen-bond donors (Lipinski definition) is 2. The molecule has 1 aromatic rings. The summed E-state index contributed by atoms with van der Waals surface area (Å²) in [6, 6.07) is 0.161. The van der Waals surface area contributed by atoms with Crippen molar-refractivity contribution in [3.8, 4) is 0 Å². The summed E-state index contributed by atoms with van der Waals surface area (Å²) >= 11 is 0. The fourth-order valence-electron chi connectivity index (χ4n) is 2.51. The fourth-order valence-corrected chi connectivity index (χ4v) is 2.51. The summed E-state index contributed by atoms with van der Waals surface area (Å²) in [7, 11) is 3.45. The molecule has 1 fully saturated rings. The number of carbonyl (C=O) groups is 2. The van der Waals surface area contributed by atoms with Crippen LogP contribution >= 0.6 is 0 Å². The maximum Gasteiger partial charge on any atom is 0.254 e. The topological polar surface area (TPSA) is 76.0 Å². The van der Waals surface area contributed by atoms with E-state index in [0.29, 0.717) is 5.56 Å². The number of amides is 2. The Morgan fingerprint density at radius 3 is 2.53 bits per heavy atom. The zero-order chi connectivity index (χ0) is 13.8. The van der Waals surface area contributed by atoms with Crippen LogP contribution in [0.1, 0.15) is 36.0 Å². The molecule has 0 bridgehead atoms. The van der Waals surface area contributed by atoms with Gasteiger partial charge >= 0.3 is 0 Å². The summed E-state index contributed by atoms with van der Waals surface area (Å²) in [4.78, 5) is 23.5. The number of hydrogen-bond acceptors (Lipinski definition) is 3. The molecule has 1 aliphatic carbocycles. The predicted octanol–water partition coefficient (Wildman–Crippen LogP) is 0.455. The minimum Gasteiger partial charge on any atom is -0.359 e. The first kappa shape index (κ1) is 13.6. The number of nitrogens with one attached hydrogen (secondary N) is 2. The minimum absolute atomic E-state index is 0.0866. The Kier molecular flexibility index (Phi) is 4.19. The molecule has 19 heavy (non-hydrogen) atoms. The van der Waals surface area contributed by atoms with Gasteiger partial charge in [0.05, 0.1) is 11.8 Å². The second kappa shape index (κ2) is 5.86. The molecule has 1 saturated carbocycles. The maximum atomic E-state index is 12.0. The van der Waals surface area contributed by atoms with Gasteiger partial charge < -0.3 is 10.6 Å². The minimum atomic E-state index is -0.0866. The second-order valence-corrected chi connectivity index (χ2v) is 5.04. The zero-order valence-corrected chi connectivity index (χ0v) is 11.3. The van der Waals surface area contributed by atoms with E-state index in [9.17, 15) is 9.59 Å². The number of rotatable bonds is 3. The number of carbonyl (C=O) groups excluding carboxylic acids is 2. The van der Waals surface area contributed by atoms with Crippen LogP contribution < -0.4 is 10.6 Å². The molecule has 0 aromatic carbocycles. The smallest absolute Gasteiger partial charge is 0.254 e. The van der Waals surface area contributed by atoms with Gasteiger partial charge in [-0.1, -0.05) is 0 Å². The van der Waals surface area contributed by atoms with Crippen LogP contribution in [0.2, 0.25) is 0 Å². The van der Waals surface area contributed by atoms with Crippen LogP contribution in [0.25, 0.3) is 0 Å². The van der Waals surface area contributed by atoms with Gasteiger partial charge in [0.2, 0.25) is 5.91 Å². The van der Waals surface area contributed by atoms with Crippen LogP contribution in [-0.4, -0.2) is 34.7 Å². The first-order chi connectivity index (χ1) is 9.10. The van der Waals surface area contributed by atoms with Crippen molar-refractivity contribution in [1.82, 2.24) is 20.4 Å². The van der Waals surface area contributed by atoms with Crippen LogP contribution in [0.5, 0.6) is 0 Å². The second-order valence-electron chi connectivity index (χ2n) is 5.04. The molecule has 0 aliphatic heterocycles. The molecular weight excluding hydrogens is 244 g/mol. The van der Waals surface area contributed by atoms with Crippen LogP contribution in [-0.2, 0) is 11.8 Å². The Hall–Kier alpha value is -1.85. The van der Waals surface area contributed by atoms with E-state index in [1.54, 1.807) is 31.2 Å². The summed E-state index contributed by atoms with van der Waals surface area (Å²) in [5.41, 5.74) is 0.580. The molecule has 0 spiro atoms. The molecule has 1 aromatic heterocycles. The summed E-state index contributed by atoms with van der Waals surface area (Å²) in [6.45, 7) is 0. The molecule has 0 saturated heterocycles. The highest BCUT2D eigenvalue weighted by Gasteiger charge is 2.26. The number of aryl methyl sites for hydroxylation is 1. The average Bonchev–Trinajstić information content (AvgIpc) is 2.85. The van der Waals surface area contributed by atoms with Gasteiger partial charge in [-0.25, -0.2) is 0 Å². The molecule has 0 unspecified atom stereocenters. The van der Waals surface area contributed by atoms with E-state index >= 15 is 0 Å². The van der Waals surface area contributed by atoms with Gasteiger partial charge in [0, 0.05) is 32.3 Å². The van der Waals surface area contributed by atoms with Crippen LogP contribution in [0.15, 0.2) is 12.4 Å². The van der Waals surface area contributed by atoms with Crippen molar-refractivity contribution < 1.29 is 9.59 Å². The highest BCUT2D eigenvalue weighted by Crippen LogP contribution is 2.24. The Morgan fingerprint density at radius 2 is 2.00 bits per heavy atom. The van der Waals surface area contributed by atoms with E-state index in [0.717, 1.165) is 25.7 Å². The van der Waals surface area contributed by atoms with Gasteiger partial charge in [-0.3, -0.25) is 14.3 Å². The van der Waals surface area contributed by atoms with Gasteiger partial charge in [0.15, 0.2) is 0 Å². The Balaban J connectivity index is 1.82. The largest absolute Gasteiger partial charge is 0.359 e. The molecule has 6 nitrogen and oxygen atoms in total. The zero-order valence-electron chi connectivity index (χ0n) is 11.3. The molecule has 2 amide bonds. The predicted molar refractivity (Wildman–Crippen MR) is 70.5 cm³/mol. The van der Waals surface area contributed by atoms with Crippen LogP contribution in [0, 0.1) is 5.92 Å². The summed E-state index contributed by atoms with van der Waals surface area (Å²) in [5, 5.41) is 9.66. The van der Waals surface area contributed by atoms with Gasteiger partial charge in [0.25, 0.3) is 5.91 Å². The molecule has 2 N–H and O–H groups in total. The van der Waals surface area contributed by atoms with E-state index in [2.05, 4.69) is 15.7 Å². The van der Waals surface area contributed by atoms with Crippen molar-refractivity contribution in [2.75, 3.05) is 7.05 Å². The van der Waals surface area contributed by atoms with Crippen LogP contribution in [0.3, 0.4) is 0 Å². The van der Waals surface area contributed by atoms with E-state index in [-0.39, 0.29) is 23.8 Å². The van der Waals surface area contributed by atoms with E-state index in [1.165, 1.54) is 0 Å². The third-order valence-electron chi connectivity index (χ3n) is 3.65. The van der Waals surface area contributed by atoms with E-state index in [4.69, 9.17) is 0 Å². The number of aromatic nitrogens is 2. The summed E-state index contributed by atoms with van der Waals surface area (Å²) < 4.78 is 1.61. The van der Waals surface area contributed by atoms with Crippen molar-refractivity contribution in [2.45, 2.75) is 31.7 Å². The third kappa shape index (κ3) is 3.33. The normalized spacial score (nSPS) is 22.8. The summed E-state index contributed by atoms with van der Waals surface area (Å²) in [6.07, 6.45) is 6.63. The SMILES string of the molecule is CNC(=O)C1CCC(NC(=O)c2cnn(C)c2)CC1. The van der Waals surface area contributed by atoms with E-state index in [1.807, 2.05) is 0 Å². The highest BCUT2D eigenvalue weighted by molar-refractivity contribution is 5.93. The highest BCUT2D eigenvalue weighted by atomic mass is 16.2. The van der Waals surface area contributed by atoms with Crippen molar-refractivity contribution >= 4 is 11.8 Å². The lowest BCUT2D eigenvalue weighted by atomic mass is 9.85.